The number of fused-ring (bicyclic) bond motifs is 2. The van der Waals surface area contributed by atoms with Crippen molar-refractivity contribution < 1.29 is 24.0 Å². The smallest absolute Gasteiger partial charge is 0.335 e. The van der Waals surface area contributed by atoms with Crippen LogP contribution in [0.3, 0.4) is 0 Å². The summed E-state index contributed by atoms with van der Waals surface area (Å²) >= 11 is 6.41. The fraction of sp³-hybridized carbons (Fsp3) is 0.0323. The first-order valence-electron chi connectivity index (χ1n) is 12.8. The molecule has 0 unspecified atom stereocenters. The Bertz CT molecular complexity index is 2100. The lowest BCUT2D eigenvalue weighted by molar-refractivity contribution is -0.385. The van der Waals surface area contributed by atoms with Gasteiger partial charge >= 0.3 is 11.7 Å². The predicted octanol–water partition coefficient (Wildman–Crippen LogP) is 6.53. The van der Waals surface area contributed by atoms with Crippen molar-refractivity contribution in [3.05, 3.63) is 133 Å². The van der Waals surface area contributed by atoms with Gasteiger partial charge in [-0.25, -0.2) is 9.78 Å². The first kappa shape index (κ1) is 27.4. The third kappa shape index (κ3) is 5.44. The molecular formula is C31H19ClN4O7. The summed E-state index contributed by atoms with van der Waals surface area (Å²) in [6.07, 6.45) is 1.26. The van der Waals surface area contributed by atoms with Gasteiger partial charge in [0.25, 0.3) is 5.56 Å². The minimum Gasteiger partial charge on any atom is -0.481 e. The lowest BCUT2D eigenvalue weighted by Gasteiger charge is -2.10. The zero-order chi connectivity index (χ0) is 30.1. The number of nitro groups is 1. The molecule has 0 saturated heterocycles. The normalized spacial score (nSPS) is 11.4. The van der Waals surface area contributed by atoms with Crippen LogP contribution in [0.25, 0.3) is 33.5 Å². The van der Waals surface area contributed by atoms with Gasteiger partial charge < -0.3 is 14.3 Å². The number of furan rings is 1. The fourth-order valence-corrected chi connectivity index (χ4v) is 4.74. The van der Waals surface area contributed by atoms with Crippen LogP contribution in [0.2, 0.25) is 5.02 Å². The van der Waals surface area contributed by atoms with E-state index in [2.05, 4.69) is 10.1 Å². The molecule has 0 spiro atoms. The first-order valence-corrected chi connectivity index (χ1v) is 13.1. The van der Waals surface area contributed by atoms with Gasteiger partial charge in [-0.3, -0.25) is 14.9 Å². The number of para-hydroxylation sites is 2. The number of carboxylic acid groups (broad SMARTS) is 1. The van der Waals surface area contributed by atoms with E-state index in [4.69, 9.17) is 25.9 Å². The molecule has 43 heavy (non-hydrogen) atoms. The van der Waals surface area contributed by atoms with Crippen molar-refractivity contribution in [2.45, 2.75) is 6.61 Å². The van der Waals surface area contributed by atoms with Crippen LogP contribution in [0.1, 0.15) is 21.5 Å². The van der Waals surface area contributed by atoms with Crippen molar-refractivity contribution in [3.63, 3.8) is 0 Å². The standard InChI is InChI=1S/C31H19ClN4O7/c32-23-13-19(14-25(36(40)41)28(23)42-17-18-9-11-20(12-10-18)31(38)39)16-33-35-29(27-15-21-5-1-4-8-26(21)43-27)34-24-7-3-2-6-22(24)30(35)37/h1-16H,17H2,(H,38,39). The number of nitro benzene ring substituents is 1. The van der Waals surface area contributed by atoms with Gasteiger partial charge in [0.1, 0.15) is 12.2 Å². The van der Waals surface area contributed by atoms with Gasteiger partial charge in [-0.05, 0) is 48.0 Å². The molecule has 0 fully saturated rings. The molecule has 6 aromatic rings. The number of hydrogen-bond acceptors (Lipinski definition) is 8. The third-order valence-corrected chi connectivity index (χ3v) is 6.83. The highest BCUT2D eigenvalue weighted by Gasteiger charge is 2.21. The lowest BCUT2D eigenvalue weighted by atomic mass is 10.1. The van der Waals surface area contributed by atoms with E-state index in [0.29, 0.717) is 27.8 Å². The summed E-state index contributed by atoms with van der Waals surface area (Å²) in [5, 5.41) is 26.4. The second kappa shape index (κ2) is 11.2. The SMILES string of the molecule is O=C(O)c1ccc(COc2c(Cl)cc(C=Nn3c(-c4cc5ccccc5o4)nc4ccccc4c3=O)cc2[N+](=O)[O-])cc1. The lowest BCUT2D eigenvalue weighted by Crippen LogP contribution is -2.20. The summed E-state index contributed by atoms with van der Waals surface area (Å²) in [4.78, 5) is 40.5. The minimum atomic E-state index is -1.07. The van der Waals surface area contributed by atoms with Crippen LogP contribution >= 0.6 is 11.6 Å². The molecule has 0 aliphatic rings. The number of carbonyl (C=O) groups is 1. The molecule has 212 valence electrons. The summed E-state index contributed by atoms with van der Waals surface area (Å²) in [6, 6.07) is 24.4. The van der Waals surface area contributed by atoms with E-state index < -0.39 is 22.1 Å². The fourth-order valence-electron chi connectivity index (χ4n) is 4.46. The van der Waals surface area contributed by atoms with E-state index in [0.717, 1.165) is 10.1 Å². The number of halogens is 1. The molecule has 4 aromatic carbocycles. The molecule has 0 saturated carbocycles. The molecule has 0 bridgehead atoms. The van der Waals surface area contributed by atoms with Crippen LogP contribution in [0.15, 0.2) is 105 Å². The molecule has 0 aliphatic carbocycles. The van der Waals surface area contributed by atoms with Crippen LogP contribution < -0.4 is 10.3 Å². The third-order valence-electron chi connectivity index (χ3n) is 6.55. The van der Waals surface area contributed by atoms with Gasteiger partial charge in [0.15, 0.2) is 5.76 Å². The van der Waals surface area contributed by atoms with Crippen molar-refractivity contribution in [2.75, 3.05) is 0 Å². The second-order valence-electron chi connectivity index (χ2n) is 9.36. The molecule has 0 amide bonds. The van der Waals surface area contributed by atoms with Gasteiger partial charge in [-0.1, -0.05) is 54.1 Å². The molecule has 0 atom stereocenters. The molecule has 0 aliphatic heterocycles. The molecular weight excluding hydrogens is 576 g/mol. The maximum Gasteiger partial charge on any atom is 0.335 e. The Morgan fingerprint density at radius 2 is 1.81 bits per heavy atom. The quantitative estimate of drug-likeness (QED) is 0.119. The second-order valence-corrected chi connectivity index (χ2v) is 9.77. The number of ether oxygens (including phenoxy) is 1. The highest BCUT2D eigenvalue weighted by Crippen LogP contribution is 2.36. The summed E-state index contributed by atoms with van der Waals surface area (Å²) in [6.45, 7) is -0.0904. The highest BCUT2D eigenvalue weighted by atomic mass is 35.5. The van der Waals surface area contributed by atoms with E-state index in [1.54, 1.807) is 48.5 Å². The molecule has 11 nitrogen and oxygen atoms in total. The van der Waals surface area contributed by atoms with E-state index in [1.165, 1.54) is 30.5 Å². The van der Waals surface area contributed by atoms with Crippen LogP contribution in [-0.2, 0) is 6.61 Å². The Labute approximate surface area is 247 Å². The van der Waals surface area contributed by atoms with Gasteiger partial charge in [0.05, 0.1) is 32.6 Å². The molecule has 2 heterocycles. The predicted molar refractivity (Wildman–Crippen MR) is 160 cm³/mol. The first-order chi connectivity index (χ1) is 20.8. The van der Waals surface area contributed by atoms with Crippen molar-refractivity contribution in [1.29, 1.82) is 0 Å². The van der Waals surface area contributed by atoms with Gasteiger partial charge in [-0.2, -0.15) is 9.78 Å². The summed E-state index contributed by atoms with van der Waals surface area (Å²) in [5.41, 5.74) is 1.08. The Hall–Kier alpha value is -5.81. The van der Waals surface area contributed by atoms with Crippen molar-refractivity contribution in [1.82, 2.24) is 9.66 Å². The number of rotatable bonds is 8. The largest absolute Gasteiger partial charge is 0.481 e. The summed E-state index contributed by atoms with van der Waals surface area (Å²) in [5.74, 6) is -0.788. The number of carboxylic acids is 1. The molecule has 2 aromatic heterocycles. The topological polar surface area (TPSA) is 150 Å². The molecule has 12 heteroatoms. The molecule has 6 rings (SSSR count). The Balaban J connectivity index is 1.37. The summed E-state index contributed by atoms with van der Waals surface area (Å²) < 4.78 is 12.7. The van der Waals surface area contributed by atoms with E-state index in [1.807, 2.05) is 18.2 Å². The number of aromatic nitrogens is 2. The zero-order valence-corrected chi connectivity index (χ0v) is 22.8. The molecule has 1 N–H and O–H groups in total. The van der Waals surface area contributed by atoms with E-state index >= 15 is 0 Å². The average molecular weight is 595 g/mol. The van der Waals surface area contributed by atoms with Gasteiger partial charge in [0, 0.05) is 17.0 Å². The highest BCUT2D eigenvalue weighted by molar-refractivity contribution is 6.32. The van der Waals surface area contributed by atoms with Crippen LogP contribution in [0, 0.1) is 10.1 Å². The summed E-state index contributed by atoms with van der Waals surface area (Å²) in [7, 11) is 0. The van der Waals surface area contributed by atoms with Crippen molar-refractivity contribution in [2.24, 2.45) is 5.10 Å². The maximum absolute atomic E-state index is 13.5. The van der Waals surface area contributed by atoms with Crippen molar-refractivity contribution in [3.8, 4) is 17.3 Å². The number of aromatic carboxylic acids is 1. The Morgan fingerprint density at radius 3 is 2.56 bits per heavy atom. The van der Waals surface area contributed by atoms with E-state index in [9.17, 15) is 19.7 Å². The minimum absolute atomic E-state index is 0.0562. The average Bonchev–Trinajstić information content (AvgIpc) is 3.44. The van der Waals surface area contributed by atoms with E-state index in [-0.39, 0.29) is 34.3 Å². The monoisotopic (exact) mass is 594 g/mol. The van der Waals surface area contributed by atoms with Gasteiger partial charge in [-0.15, -0.1) is 0 Å². The van der Waals surface area contributed by atoms with Gasteiger partial charge in [0.2, 0.25) is 11.6 Å². The van der Waals surface area contributed by atoms with Crippen LogP contribution in [-0.4, -0.2) is 31.9 Å². The number of hydrogen-bond donors (Lipinski definition) is 1. The number of benzene rings is 4. The van der Waals surface area contributed by atoms with Crippen LogP contribution in [0.5, 0.6) is 5.75 Å². The van der Waals surface area contributed by atoms with Crippen LogP contribution in [0.4, 0.5) is 5.69 Å². The van der Waals surface area contributed by atoms with Crippen molar-refractivity contribution >= 4 is 51.3 Å². The Morgan fingerprint density at radius 1 is 1.07 bits per heavy atom. The maximum atomic E-state index is 13.5. The number of nitrogens with zero attached hydrogens (tertiary/aromatic N) is 4. The molecule has 0 radical (unpaired) electrons. The Kier molecular flexibility index (Phi) is 7.14. The zero-order valence-electron chi connectivity index (χ0n) is 22.0.